The summed E-state index contributed by atoms with van der Waals surface area (Å²) in [7, 11) is 1.68. The first-order chi connectivity index (χ1) is 12.7. The van der Waals surface area contributed by atoms with Crippen LogP contribution in [0, 0.1) is 6.92 Å². The molecule has 4 nitrogen and oxygen atoms in total. The van der Waals surface area contributed by atoms with E-state index in [-0.39, 0.29) is 5.91 Å². The first-order valence-electron chi connectivity index (χ1n) is 8.96. The predicted molar refractivity (Wildman–Crippen MR) is 109 cm³/mol. The average Bonchev–Trinajstić information content (AvgIpc) is 2.69. The fraction of sp³-hybridized carbons (Fsp3) is 0.381. The molecule has 0 N–H and O–H groups in total. The number of aryl methyl sites for hydroxylation is 1. The van der Waals surface area contributed by atoms with Crippen molar-refractivity contribution in [3.05, 3.63) is 59.7 Å². The van der Waals surface area contributed by atoms with E-state index < -0.39 is 0 Å². The van der Waals surface area contributed by atoms with E-state index in [0.29, 0.717) is 5.75 Å². The maximum atomic E-state index is 12.5. The van der Waals surface area contributed by atoms with Gasteiger partial charge in [-0.2, -0.15) is 0 Å². The van der Waals surface area contributed by atoms with E-state index in [9.17, 15) is 4.79 Å². The minimum Gasteiger partial charge on any atom is -0.497 e. The van der Waals surface area contributed by atoms with Crippen LogP contribution in [0.25, 0.3) is 0 Å². The number of benzene rings is 2. The van der Waals surface area contributed by atoms with Crippen molar-refractivity contribution in [3.63, 3.8) is 0 Å². The van der Waals surface area contributed by atoms with Crippen LogP contribution in [0.15, 0.2) is 48.5 Å². The Morgan fingerprint density at radius 2 is 1.73 bits per heavy atom. The van der Waals surface area contributed by atoms with Crippen LogP contribution in [0.2, 0.25) is 0 Å². The Kier molecular flexibility index (Phi) is 6.45. The molecule has 2 aromatic rings. The number of carbonyl (C=O) groups excluding carboxylic acids is 1. The fourth-order valence-electron chi connectivity index (χ4n) is 3.12. The lowest BCUT2D eigenvalue weighted by Gasteiger charge is -2.36. The van der Waals surface area contributed by atoms with Crippen LogP contribution in [0.5, 0.6) is 5.75 Å². The average molecular weight is 371 g/mol. The Hall–Kier alpha value is -2.14. The van der Waals surface area contributed by atoms with Crippen molar-refractivity contribution >= 4 is 23.4 Å². The number of ether oxygens (including phenoxy) is 1. The highest BCUT2D eigenvalue weighted by molar-refractivity contribution is 7.99. The van der Waals surface area contributed by atoms with Gasteiger partial charge >= 0.3 is 0 Å². The van der Waals surface area contributed by atoms with E-state index in [0.717, 1.165) is 37.7 Å². The van der Waals surface area contributed by atoms with Crippen molar-refractivity contribution in [2.24, 2.45) is 0 Å². The van der Waals surface area contributed by atoms with Gasteiger partial charge in [-0.1, -0.05) is 24.3 Å². The minimum absolute atomic E-state index is 0.248. The monoisotopic (exact) mass is 370 g/mol. The maximum Gasteiger partial charge on any atom is 0.232 e. The van der Waals surface area contributed by atoms with Crippen LogP contribution in [-0.2, 0) is 10.5 Å². The fourth-order valence-corrected chi connectivity index (χ4v) is 4.12. The highest BCUT2D eigenvalue weighted by Crippen LogP contribution is 2.21. The molecule has 1 aliphatic rings. The molecule has 1 heterocycles. The van der Waals surface area contributed by atoms with Gasteiger partial charge in [-0.05, 0) is 42.3 Å². The summed E-state index contributed by atoms with van der Waals surface area (Å²) in [5, 5.41) is 0. The number of anilines is 1. The number of hydrogen-bond acceptors (Lipinski definition) is 4. The summed E-state index contributed by atoms with van der Waals surface area (Å²) in [5.74, 6) is 2.56. The number of rotatable bonds is 6. The van der Waals surface area contributed by atoms with Gasteiger partial charge in [0.25, 0.3) is 0 Å². The van der Waals surface area contributed by atoms with Crippen LogP contribution in [0.4, 0.5) is 5.69 Å². The summed E-state index contributed by atoms with van der Waals surface area (Å²) in [6.07, 6.45) is 0. The third kappa shape index (κ3) is 4.73. The standard InChI is InChI=1S/C21H26N2O2S/c1-17-5-3-4-6-18(17)15-26-16-21(24)23-13-11-22(12-14-23)19-7-9-20(25-2)10-8-19/h3-10H,11-16H2,1-2H3. The Morgan fingerprint density at radius 1 is 1.04 bits per heavy atom. The molecule has 3 rings (SSSR count). The molecule has 0 aliphatic carbocycles. The second kappa shape index (κ2) is 8.99. The summed E-state index contributed by atoms with van der Waals surface area (Å²) in [4.78, 5) is 16.8. The molecule has 26 heavy (non-hydrogen) atoms. The zero-order valence-electron chi connectivity index (χ0n) is 15.5. The third-order valence-corrected chi connectivity index (χ3v) is 5.78. The first-order valence-corrected chi connectivity index (χ1v) is 10.1. The Labute approximate surface area is 160 Å². The van der Waals surface area contributed by atoms with Gasteiger partial charge in [0.2, 0.25) is 5.91 Å². The van der Waals surface area contributed by atoms with Crippen molar-refractivity contribution in [1.82, 2.24) is 4.90 Å². The van der Waals surface area contributed by atoms with Crippen LogP contribution in [-0.4, -0.2) is 49.8 Å². The van der Waals surface area contributed by atoms with Crippen molar-refractivity contribution in [2.75, 3.05) is 43.9 Å². The highest BCUT2D eigenvalue weighted by Gasteiger charge is 2.21. The van der Waals surface area contributed by atoms with Crippen molar-refractivity contribution < 1.29 is 9.53 Å². The van der Waals surface area contributed by atoms with Gasteiger partial charge in [-0.3, -0.25) is 4.79 Å². The molecule has 0 radical (unpaired) electrons. The number of nitrogens with zero attached hydrogens (tertiary/aromatic N) is 2. The van der Waals surface area contributed by atoms with Gasteiger partial charge < -0.3 is 14.5 Å². The second-order valence-corrected chi connectivity index (χ2v) is 7.47. The van der Waals surface area contributed by atoms with E-state index in [4.69, 9.17) is 4.74 Å². The van der Waals surface area contributed by atoms with Gasteiger partial charge in [0, 0.05) is 37.6 Å². The minimum atomic E-state index is 0.248. The molecule has 0 aromatic heterocycles. The van der Waals surface area contributed by atoms with Crippen LogP contribution < -0.4 is 9.64 Å². The Morgan fingerprint density at radius 3 is 2.38 bits per heavy atom. The predicted octanol–water partition coefficient (Wildman–Crippen LogP) is 3.59. The molecular formula is C21H26N2O2S. The zero-order chi connectivity index (χ0) is 18.4. The molecule has 0 spiro atoms. The van der Waals surface area contributed by atoms with Crippen molar-refractivity contribution in [2.45, 2.75) is 12.7 Å². The van der Waals surface area contributed by atoms with Gasteiger partial charge in [0.1, 0.15) is 5.75 Å². The summed E-state index contributed by atoms with van der Waals surface area (Å²) in [6, 6.07) is 16.5. The lowest BCUT2D eigenvalue weighted by atomic mass is 10.1. The molecule has 2 aromatic carbocycles. The second-order valence-electron chi connectivity index (χ2n) is 6.49. The molecular weight excluding hydrogens is 344 g/mol. The molecule has 1 amide bonds. The summed E-state index contributed by atoms with van der Waals surface area (Å²) in [5.41, 5.74) is 3.79. The number of carbonyl (C=O) groups is 1. The quantitative estimate of drug-likeness (QED) is 0.778. The lowest BCUT2D eigenvalue weighted by Crippen LogP contribution is -2.49. The molecule has 0 saturated carbocycles. The number of amides is 1. The van der Waals surface area contributed by atoms with E-state index in [2.05, 4.69) is 48.2 Å². The molecule has 5 heteroatoms. The number of piperazine rings is 1. The van der Waals surface area contributed by atoms with Crippen molar-refractivity contribution in [3.8, 4) is 5.75 Å². The normalized spacial score (nSPS) is 14.4. The molecule has 1 fully saturated rings. The first kappa shape index (κ1) is 18.6. The summed E-state index contributed by atoms with van der Waals surface area (Å²) >= 11 is 1.70. The SMILES string of the molecule is COc1ccc(N2CCN(C(=O)CSCc3ccccc3C)CC2)cc1. The van der Waals surface area contributed by atoms with Gasteiger partial charge in [0.15, 0.2) is 0 Å². The van der Waals surface area contributed by atoms with Gasteiger partial charge in [0.05, 0.1) is 12.9 Å². The molecule has 1 saturated heterocycles. The van der Waals surface area contributed by atoms with E-state index in [1.54, 1.807) is 18.9 Å². The molecule has 1 aliphatic heterocycles. The van der Waals surface area contributed by atoms with Gasteiger partial charge in [-0.25, -0.2) is 0 Å². The third-order valence-electron chi connectivity index (χ3n) is 4.81. The largest absolute Gasteiger partial charge is 0.497 e. The maximum absolute atomic E-state index is 12.5. The van der Waals surface area contributed by atoms with Crippen LogP contribution >= 0.6 is 11.8 Å². The molecule has 0 unspecified atom stereocenters. The van der Waals surface area contributed by atoms with Crippen LogP contribution in [0.1, 0.15) is 11.1 Å². The number of methoxy groups -OCH3 is 1. The zero-order valence-corrected chi connectivity index (χ0v) is 16.3. The van der Waals surface area contributed by atoms with E-state index in [1.165, 1.54) is 16.8 Å². The molecule has 138 valence electrons. The highest BCUT2D eigenvalue weighted by atomic mass is 32.2. The van der Waals surface area contributed by atoms with Crippen LogP contribution in [0.3, 0.4) is 0 Å². The lowest BCUT2D eigenvalue weighted by molar-refractivity contribution is -0.128. The van der Waals surface area contributed by atoms with Crippen molar-refractivity contribution in [1.29, 1.82) is 0 Å². The Bertz CT molecular complexity index is 725. The molecule has 0 bridgehead atoms. The summed E-state index contributed by atoms with van der Waals surface area (Å²) in [6.45, 7) is 5.45. The van der Waals surface area contributed by atoms with E-state index in [1.807, 2.05) is 17.0 Å². The van der Waals surface area contributed by atoms with Gasteiger partial charge in [-0.15, -0.1) is 11.8 Å². The van der Waals surface area contributed by atoms with E-state index >= 15 is 0 Å². The Balaban J connectivity index is 1.43. The topological polar surface area (TPSA) is 32.8 Å². The molecule has 0 atom stereocenters. The summed E-state index contributed by atoms with van der Waals surface area (Å²) < 4.78 is 5.21. The smallest absolute Gasteiger partial charge is 0.232 e. The number of thioether (sulfide) groups is 1. The number of hydrogen-bond donors (Lipinski definition) is 0.